The van der Waals surface area contributed by atoms with Gasteiger partial charge in [0.25, 0.3) is 0 Å². The van der Waals surface area contributed by atoms with Crippen LogP contribution in [-0.4, -0.2) is 27.7 Å². The van der Waals surface area contributed by atoms with E-state index in [1.54, 1.807) is 0 Å². The standard InChI is InChI=1S/C19H18ClIN4O/c1-12(11-26)22-19-24-17(13-5-3-2-4-6-13)10-18(25-19)23-16-8-7-14(21)9-15(16)20/h2-10,12,26H,11H2,1H3,(H2,22,23,24,25)/t12-/m0/s1. The first kappa shape index (κ1) is 18.9. The molecule has 2 aromatic carbocycles. The van der Waals surface area contributed by atoms with Crippen molar-refractivity contribution in [2.45, 2.75) is 13.0 Å². The maximum Gasteiger partial charge on any atom is 0.225 e. The molecular formula is C19H18ClIN4O. The van der Waals surface area contributed by atoms with E-state index in [0.717, 1.165) is 20.5 Å². The van der Waals surface area contributed by atoms with Crippen LogP contribution in [0.1, 0.15) is 6.92 Å². The second-order valence-electron chi connectivity index (χ2n) is 5.81. The fourth-order valence-electron chi connectivity index (χ4n) is 2.33. The van der Waals surface area contributed by atoms with Crippen molar-refractivity contribution >= 4 is 51.6 Å². The van der Waals surface area contributed by atoms with Crippen LogP contribution in [0.5, 0.6) is 0 Å². The third kappa shape index (κ3) is 4.84. The Hall–Kier alpha value is -1.90. The Kier molecular flexibility index (Phi) is 6.29. The smallest absolute Gasteiger partial charge is 0.225 e. The van der Waals surface area contributed by atoms with Gasteiger partial charge < -0.3 is 15.7 Å². The summed E-state index contributed by atoms with van der Waals surface area (Å²) in [6.45, 7) is 1.85. The molecule has 0 unspecified atom stereocenters. The zero-order chi connectivity index (χ0) is 18.5. The van der Waals surface area contributed by atoms with Crippen LogP contribution >= 0.6 is 34.2 Å². The number of anilines is 3. The van der Waals surface area contributed by atoms with Crippen molar-refractivity contribution in [3.05, 3.63) is 63.2 Å². The molecule has 0 radical (unpaired) electrons. The minimum absolute atomic E-state index is 0.00929. The Morgan fingerprint density at radius 1 is 1.12 bits per heavy atom. The van der Waals surface area contributed by atoms with Gasteiger partial charge in [-0.05, 0) is 47.7 Å². The highest BCUT2D eigenvalue weighted by Gasteiger charge is 2.10. The Balaban J connectivity index is 1.98. The molecule has 0 saturated carbocycles. The first-order valence-electron chi connectivity index (χ1n) is 8.09. The fourth-order valence-corrected chi connectivity index (χ4v) is 3.23. The van der Waals surface area contributed by atoms with E-state index in [1.165, 1.54) is 0 Å². The van der Waals surface area contributed by atoms with Gasteiger partial charge in [-0.15, -0.1) is 0 Å². The number of nitrogens with one attached hydrogen (secondary N) is 2. The molecule has 0 aliphatic carbocycles. The van der Waals surface area contributed by atoms with E-state index in [4.69, 9.17) is 11.6 Å². The summed E-state index contributed by atoms with van der Waals surface area (Å²) in [6.07, 6.45) is 0. The third-order valence-electron chi connectivity index (χ3n) is 3.64. The predicted octanol–water partition coefficient (Wildman–Crippen LogP) is 4.94. The Morgan fingerprint density at radius 2 is 1.88 bits per heavy atom. The maximum atomic E-state index is 9.30. The summed E-state index contributed by atoms with van der Waals surface area (Å²) in [7, 11) is 0. The van der Waals surface area contributed by atoms with Gasteiger partial charge >= 0.3 is 0 Å². The lowest BCUT2D eigenvalue weighted by atomic mass is 10.1. The molecule has 1 heterocycles. The first-order chi connectivity index (χ1) is 12.5. The summed E-state index contributed by atoms with van der Waals surface area (Å²) < 4.78 is 1.06. The van der Waals surface area contributed by atoms with Crippen LogP contribution in [0, 0.1) is 3.57 Å². The van der Waals surface area contributed by atoms with E-state index in [-0.39, 0.29) is 12.6 Å². The maximum absolute atomic E-state index is 9.30. The molecule has 0 spiro atoms. The molecule has 3 rings (SSSR count). The van der Waals surface area contributed by atoms with Crippen molar-refractivity contribution in [3.63, 3.8) is 0 Å². The number of aromatic nitrogens is 2. The molecule has 0 aliphatic rings. The number of aliphatic hydroxyl groups excluding tert-OH is 1. The molecule has 0 bridgehead atoms. The van der Waals surface area contributed by atoms with E-state index < -0.39 is 0 Å². The van der Waals surface area contributed by atoms with Gasteiger partial charge in [-0.3, -0.25) is 0 Å². The number of rotatable bonds is 6. The largest absolute Gasteiger partial charge is 0.394 e. The molecule has 1 atom stereocenters. The summed E-state index contributed by atoms with van der Waals surface area (Å²) in [4.78, 5) is 9.06. The van der Waals surface area contributed by atoms with Gasteiger partial charge in [0.2, 0.25) is 5.95 Å². The Morgan fingerprint density at radius 3 is 2.58 bits per heavy atom. The summed E-state index contributed by atoms with van der Waals surface area (Å²) in [5, 5.41) is 16.3. The fraction of sp³-hybridized carbons (Fsp3) is 0.158. The SMILES string of the molecule is C[C@@H](CO)Nc1nc(Nc2ccc(I)cc2Cl)cc(-c2ccccc2)n1. The number of benzene rings is 2. The van der Waals surface area contributed by atoms with Crippen LogP contribution in [0.4, 0.5) is 17.5 Å². The number of hydrogen-bond acceptors (Lipinski definition) is 5. The molecule has 1 aromatic heterocycles. The molecule has 0 amide bonds. The van der Waals surface area contributed by atoms with Crippen molar-refractivity contribution in [2.24, 2.45) is 0 Å². The monoisotopic (exact) mass is 480 g/mol. The second kappa shape index (κ2) is 8.66. The molecule has 5 nitrogen and oxygen atoms in total. The molecule has 7 heteroatoms. The Bertz CT molecular complexity index is 892. The molecule has 26 heavy (non-hydrogen) atoms. The number of hydrogen-bond donors (Lipinski definition) is 3. The number of aliphatic hydroxyl groups is 1. The predicted molar refractivity (Wildman–Crippen MR) is 115 cm³/mol. The quantitative estimate of drug-likeness (QED) is 0.436. The van der Waals surface area contributed by atoms with Gasteiger partial charge in [-0.25, -0.2) is 4.98 Å². The summed E-state index contributed by atoms with van der Waals surface area (Å²) in [6, 6.07) is 17.4. The van der Waals surface area contributed by atoms with Gasteiger partial charge in [0.1, 0.15) is 5.82 Å². The van der Waals surface area contributed by atoms with Crippen molar-refractivity contribution < 1.29 is 5.11 Å². The molecular weight excluding hydrogens is 463 g/mol. The topological polar surface area (TPSA) is 70.1 Å². The van der Waals surface area contributed by atoms with Crippen molar-refractivity contribution in [1.82, 2.24) is 9.97 Å². The number of halogens is 2. The highest BCUT2D eigenvalue weighted by Crippen LogP contribution is 2.28. The van der Waals surface area contributed by atoms with Gasteiger partial charge in [0.15, 0.2) is 0 Å². The lowest BCUT2D eigenvalue weighted by molar-refractivity contribution is 0.281. The van der Waals surface area contributed by atoms with E-state index in [9.17, 15) is 5.11 Å². The number of nitrogens with zero attached hydrogens (tertiary/aromatic N) is 2. The molecule has 0 saturated heterocycles. The van der Waals surface area contributed by atoms with Crippen LogP contribution in [-0.2, 0) is 0 Å². The van der Waals surface area contributed by atoms with E-state index in [0.29, 0.717) is 16.8 Å². The van der Waals surface area contributed by atoms with E-state index in [2.05, 4.69) is 43.2 Å². The van der Waals surface area contributed by atoms with Crippen molar-refractivity contribution in [3.8, 4) is 11.3 Å². The molecule has 0 aliphatic heterocycles. The lowest BCUT2D eigenvalue weighted by Gasteiger charge is -2.15. The highest BCUT2D eigenvalue weighted by atomic mass is 127. The van der Waals surface area contributed by atoms with Crippen LogP contribution in [0.25, 0.3) is 11.3 Å². The lowest BCUT2D eigenvalue weighted by Crippen LogP contribution is -2.21. The van der Waals surface area contributed by atoms with Crippen molar-refractivity contribution in [1.29, 1.82) is 0 Å². The second-order valence-corrected chi connectivity index (χ2v) is 7.46. The third-order valence-corrected chi connectivity index (χ3v) is 4.62. The van der Waals surface area contributed by atoms with E-state index in [1.807, 2.05) is 61.5 Å². The highest BCUT2D eigenvalue weighted by molar-refractivity contribution is 14.1. The normalized spacial score (nSPS) is 11.8. The van der Waals surface area contributed by atoms with Gasteiger partial charge in [-0.2, -0.15) is 4.98 Å². The average Bonchev–Trinajstić information content (AvgIpc) is 2.64. The minimum Gasteiger partial charge on any atom is -0.394 e. The molecule has 3 N–H and O–H groups in total. The molecule has 0 fully saturated rings. The van der Waals surface area contributed by atoms with Crippen LogP contribution < -0.4 is 10.6 Å². The van der Waals surface area contributed by atoms with Gasteiger partial charge in [0, 0.05) is 21.2 Å². The van der Waals surface area contributed by atoms with Crippen LogP contribution in [0.15, 0.2) is 54.6 Å². The zero-order valence-corrected chi connectivity index (χ0v) is 17.0. The molecule has 3 aromatic rings. The summed E-state index contributed by atoms with van der Waals surface area (Å²) in [5.41, 5.74) is 2.52. The summed E-state index contributed by atoms with van der Waals surface area (Å²) >= 11 is 8.54. The van der Waals surface area contributed by atoms with Gasteiger partial charge in [-0.1, -0.05) is 41.9 Å². The Labute approximate surface area is 171 Å². The zero-order valence-electron chi connectivity index (χ0n) is 14.1. The minimum atomic E-state index is -0.157. The van der Waals surface area contributed by atoms with Crippen molar-refractivity contribution in [2.75, 3.05) is 17.2 Å². The van der Waals surface area contributed by atoms with Gasteiger partial charge in [0.05, 0.1) is 23.0 Å². The van der Waals surface area contributed by atoms with Crippen LogP contribution in [0.2, 0.25) is 5.02 Å². The average molecular weight is 481 g/mol. The summed E-state index contributed by atoms with van der Waals surface area (Å²) in [5.74, 6) is 1.06. The van der Waals surface area contributed by atoms with E-state index >= 15 is 0 Å². The molecule has 134 valence electrons. The van der Waals surface area contributed by atoms with Crippen LogP contribution in [0.3, 0.4) is 0 Å². The first-order valence-corrected chi connectivity index (χ1v) is 9.55.